The maximum Gasteiger partial charge on any atom is 0.319 e. The van der Waals surface area contributed by atoms with Crippen molar-refractivity contribution in [1.29, 1.82) is 0 Å². The molecule has 0 unspecified atom stereocenters. The van der Waals surface area contributed by atoms with Crippen molar-refractivity contribution in [3.8, 4) is 0 Å². The predicted octanol–water partition coefficient (Wildman–Crippen LogP) is 0.871. The minimum Gasteiger partial charge on any atom is -0.468 e. The molecule has 0 radical (unpaired) electrons. The molecule has 0 amide bonds. The molecule has 0 bridgehead atoms. The lowest BCUT2D eigenvalue weighted by Crippen LogP contribution is -2.39. The Morgan fingerprint density at radius 2 is 2.12 bits per heavy atom. The van der Waals surface area contributed by atoms with E-state index in [1.165, 1.54) is 20.0 Å². The number of methoxy groups -OCH3 is 1. The Balaban J connectivity index is 2.33. The van der Waals surface area contributed by atoms with Gasteiger partial charge < -0.3 is 10.1 Å². The normalized spacial score (nSPS) is 17.7. The van der Waals surface area contributed by atoms with Crippen LogP contribution in [0.15, 0.2) is 0 Å². The Hall–Kier alpha value is -0.610. The quantitative estimate of drug-likeness (QED) is 0.685. The molecule has 0 saturated carbocycles. The molecule has 0 aromatic rings. The Bertz CT molecular complexity index is 203. The van der Waals surface area contributed by atoms with Crippen LogP contribution in [0.2, 0.25) is 0 Å². The number of piperidine rings is 1. The zero-order valence-electron chi connectivity index (χ0n) is 10.5. The number of esters is 1. The number of hydrogen-bond acceptors (Lipinski definition) is 4. The highest BCUT2D eigenvalue weighted by Crippen LogP contribution is 2.13. The number of hydrogen-bond donors (Lipinski definition) is 1. The summed E-state index contributed by atoms with van der Waals surface area (Å²) in [6.07, 6.45) is 3.53. The third-order valence-corrected chi connectivity index (χ3v) is 3.10. The first-order valence-electron chi connectivity index (χ1n) is 6.26. The van der Waals surface area contributed by atoms with Crippen LogP contribution in [0.25, 0.3) is 0 Å². The molecule has 0 spiro atoms. The van der Waals surface area contributed by atoms with Gasteiger partial charge in [0.05, 0.1) is 13.7 Å². The van der Waals surface area contributed by atoms with E-state index in [9.17, 15) is 4.79 Å². The van der Waals surface area contributed by atoms with Crippen LogP contribution in [-0.4, -0.2) is 50.7 Å². The van der Waals surface area contributed by atoms with Crippen LogP contribution in [0.4, 0.5) is 0 Å². The molecular weight excluding hydrogens is 204 g/mol. The highest BCUT2D eigenvalue weighted by molar-refractivity contribution is 5.71. The van der Waals surface area contributed by atoms with Gasteiger partial charge in [-0.25, -0.2) is 0 Å². The van der Waals surface area contributed by atoms with Crippen LogP contribution in [0.3, 0.4) is 0 Å². The molecule has 1 saturated heterocycles. The molecule has 1 N–H and O–H groups in total. The van der Waals surface area contributed by atoms with Crippen LogP contribution in [-0.2, 0) is 9.53 Å². The second-order valence-corrected chi connectivity index (χ2v) is 4.50. The fourth-order valence-corrected chi connectivity index (χ4v) is 2.23. The summed E-state index contributed by atoms with van der Waals surface area (Å²) >= 11 is 0. The summed E-state index contributed by atoms with van der Waals surface area (Å²) in [7, 11) is 1.46. The predicted molar refractivity (Wildman–Crippen MR) is 64.3 cm³/mol. The fraction of sp³-hybridized carbons (Fsp3) is 0.917. The summed E-state index contributed by atoms with van der Waals surface area (Å²) in [6.45, 7) is 6.83. The molecule has 4 nitrogen and oxygen atoms in total. The second-order valence-electron chi connectivity index (χ2n) is 4.50. The SMILES string of the molecule is CCCN(CC(=O)OC)CC1CCNCC1. The zero-order valence-corrected chi connectivity index (χ0v) is 10.5. The number of carbonyl (C=O) groups excluding carboxylic acids is 1. The van der Waals surface area contributed by atoms with Gasteiger partial charge in [-0.15, -0.1) is 0 Å². The van der Waals surface area contributed by atoms with E-state index < -0.39 is 0 Å². The van der Waals surface area contributed by atoms with Gasteiger partial charge in [0.2, 0.25) is 0 Å². The molecule has 0 aliphatic carbocycles. The lowest BCUT2D eigenvalue weighted by Gasteiger charge is -2.29. The van der Waals surface area contributed by atoms with E-state index in [1.54, 1.807) is 0 Å². The van der Waals surface area contributed by atoms with Crippen LogP contribution < -0.4 is 5.32 Å². The fourth-order valence-electron chi connectivity index (χ4n) is 2.23. The van der Waals surface area contributed by atoms with Gasteiger partial charge in [0, 0.05) is 6.54 Å². The standard InChI is InChI=1S/C12H24N2O2/c1-3-8-14(10-12(15)16-2)9-11-4-6-13-7-5-11/h11,13H,3-10H2,1-2H3. The largest absolute Gasteiger partial charge is 0.468 e. The molecule has 1 aliphatic rings. The first-order chi connectivity index (χ1) is 7.76. The zero-order chi connectivity index (χ0) is 11.8. The summed E-state index contributed by atoms with van der Waals surface area (Å²) in [5.74, 6) is 0.611. The van der Waals surface area contributed by atoms with Crippen molar-refractivity contribution in [3.63, 3.8) is 0 Å². The molecule has 0 aromatic heterocycles. The van der Waals surface area contributed by atoms with Gasteiger partial charge in [0.15, 0.2) is 0 Å². The number of rotatable bonds is 6. The van der Waals surface area contributed by atoms with Gasteiger partial charge >= 0.3 is 5.97 Å². The van der Waals surface area contributed by atoms with Gasteiger partial charge in [-0.1, -0.05) is 6.92 Å². The Labute approximate surface area is 98.3 Å². The lowest BCUT2D eigenvalue weighted by atomic mass is 9.97. The highest BCUT2D eigenvalue weighted by atomic mass is 16.5. The van der Waals surface area contributed by atoms with E-state index in [1.807, 2.05) is 0 Å². The third-order valence-electron chi connectivity index (χ3n) is 3.10. The van der Waals surface area contributed by atoms with E-state index in [2.05, 4.69) is 17.1 Å². The molecule has 4 heteroatoms. The van der Waals surface area contributed by atoms with Crippen molar-refractivity contribution >= 4 is 5.97 Å². The molecule has 94 valence electrons. The van der Waals surface area contributed by atoms with Crippen LogP contribution >= 0.6 is 0 Å². The van der Waals surface area contributed by atoms with E-state index >= 15 is 0 Å². The van der Waals surface area contributed by atoms with Gasteiger partial charge in [-0.3, -0.25) is 9.69 Å². The van der Waals surface area contributed by atoms with Crippen LogP contribution in [0.1, 0.15) is 26.2 Å². The molecule has 1 heterocycles. The molecule has 0 aromatic carbocycles. The average molecular weight is 228 g/mol. The van der Waals surface area contributed by atoms with Crippen molar-refractivity contribution in [2.75, 3.05) is 39.8 Å². The lowest BCUT2D eigenvalue weighted by molar-refractivity contribution is -0.142. The second kappa shape index (κ2) is 7.63. The van der Waals surface area contributed by atoms with E-state index in [4.69, 9.17) is 4.74 Å². The minimum absolute atomic E-state index is 0.123. The number of carbonyl (C=O) groups is 1. The van der Waals surface area contributed by atoms with Crippen molar-refractivity contribution in [3.05, 3.63) is 0 Å². The van der Waals surface area contributed by atoms with Gasteiger partial charge in [0.1, 0.15) is 0 Å². The van der Waals surface area contributed by atoms with Crippen molar-refractivity contribution in [1.82, 2.24) is 10.2 Å². The maximum atomic E-state index is 11.3. The van der Waals surface area contributed by atoms with E-state index in [0.717, 1.165) is 38.5 Å². The Kier molecular flexibility index (Phi) is 6.42. The molecule has 1 rings (SSSR count). The Morgan fingerprint density at radius 3 is 2.69 bits per heavy atom. The molecule has 0 atom stereocenters. The van der Waals surface area contributed by atoms with Crippen molar-refractivity contribution in [2.45, 2.75) is 26.2 Å². The van der Waals surface area contributed by atoms with E-state index in [-0.39, 0.29) is 5.97 Å². The summed E-state index contributed by atoms with van der Waals surface area (Å²) in [6, 6.07) is 0. The highest BCUT2D eigenvalue weighted by Gasteiger charge is 2.18. The van der Waals surface area contributed by atoms with Crippen molar-refractivity contribution < 1.29 is 9.53 Å². The molecule has 16 heavy (non-hydrogen) atoms. The first-order valence-corrected chi connectivity index (χ1v) is 6.26. The van der Waals surface area contributed by atoms with Gasteiger partial charge in [0.25, 0.3) is 0 Å². The number of nitrogens with zero attached hydrogens (tertiary/aromatic N) is 1. The summed E-state index contributed by atoms with van der Waals surface area (Å²) < 4.78 is 4.72. The smallest absolute Gasteiger partial charge is 0.319 e. The molecule has 1 fully saturated rings. The number of ether oxygens (including phenoxy) is 1. The maximum absolute atomic E-state index is 11.3. The topological polar surface area (TPSA) is 41.6 Å². The minimum atomic E-state index is -0.123. The molecule has 1 aliphatic heterocycles. The van der Waals surface area contributed by atoms with E-state index in [0.29, 0.717) is 6.54 Å². The Morgan fingerprint density at radius 1 is 1.44 bits per heavy atom. The van der Waals surface area contributed by atoms with Crippen LogP contribution in [0.5, 0.6) is 0 Å². The average Bonchev–Trinajstić information content (AvgIpc) is 2.30. The summed E-state index contributed by atoms with van der Waals surface area (Å²) in [4.78, 5) is 13.5. The van der Waals surface area contributed by atoms with Crippen molar-refractivity contribution in [2.24, 2.45) is 5.92 Å². The van der Waals surface area contributed by atoms with Gasteiger partial charge in [-0.05, 0) is 44.8 Å². The van der Waals surface area contributed by atoms with Crippen LogP contribution in [0, 0.1) is 5.92 Å². The van der Waals surface area contributed by atoms with Gasteiger partial charge in [-0.2, -0.15) is 0 Å². The molecular formula is C12H24N2O2. The summed E-state index contributed by atoms with van der Waals surface area (Å²) in [5, 5.41) is 3.36. The monoisotopic (exact) mass is 228 g/mol. The third kappa shape index (κ3) is 4.94. The first kappa shape index (κ1) is 13.5. The number of nitrogens with one attached hydrogen (secondary N) is 1. The summed E-state index contributed by atoms with van der Waals surface area (Å²) in [5.41, 5.74) is 0.